The third-order valence-electron chi connectivity index (χ3n) is 4.02. The summed E-state index contributed by atoms with van der Waals surface area (Å²) in [6.07, 6.45) is 2.41. The highest BCUT2D eigenvalue weighted by molar-refractivity contribution is 9.11. The molecule has 0 aliphatic rings. The van der Waals surface area contributed by atoms with Crippen LogP contribution in [0.3, 0.4) is 0 Å². The molecule has 6 nitrogen and oxygen atoms in total. The van der Waals surface area contributed by atoms with Gasteiger partial charge < -0.3 is 9.72 Å². The smallest absolute Gasteiger partial charge is 0.349 e. The predicted molar refractivity (Wildman–Crippen MR) is 114 cm³/mol. The molecule has 27 heavy (non-hydrogen) atoms. The zero-order valence-electron chi connectivity index (χ0n) is 14.7. The van der Waals surface area contributed by atoms with E-state index in [1.54, 1.807) is 24.3 Å². The van der Waals surface area contributed by atoms with Crippen LogP contribution in [0.15, 0.2) is 60.0 Å². The molecule has 1 atom stereocenters. The van der Waals surface area contributed by atoms with Gasteiger partial charge >= 0.3 is 5.69 Å². The largest absolute Gasteiger partial charge is 0.488 e. The normalized spacial score (nSPS) is 12.6. The number of fused-ring (bicyclic) bond motifs is 1. The van der Waals surface area contributed by atoms with Crippen molar-refractivity contribution in [3.8, 4) is 5.75 Å². The van der Waals surface area contributed by atoms with Crippen LogP contribution in [-0.4, -0.2) is 22.0 Å². The number of benzene rings is 2. The van der Waals surface area contributed by atoms with Gasteiger partial charge in [-0.15, -0.1) is 4.68 Å². The minimum atomic E-state index is -0.593. The van der Waals surface area contributed by atoms with Crippen molar-refractivity contribution in [2.24, 2.45) is 5.10 Å². The van der Waals surface area contributed by atoms with Gasteiger partial charge in [-0.2, -0.15) is 5.10 Å². The summed E-state index contributed by atoms with van der Waals surface area (Å²) in [5, 5.41) is 4.46. The second-order valence-electron chi connectivity index (χ2n) is 5.99. The Labute approximate surface area is 172 Å². The van der Waals surface area contributed by atoms with Crippen molar-refractivity contribution in [2.75, 3.05) is 0 Å². The molecule has 2 aromatic carbocycles. The van der Waals surface area contributed by atoms with E-state index in [-0.39, 0.29) is 6.10 Å². The van der Waals surface area contributed by atoms with Crippen LogP contribution in [0.25, 0.3) is 10.9 Å². The highest BCUT2D eigenvalue weighted by Crippen LogP contribution is 2.35. The molecule has 1 aromatic heterocycles. The van der Waals surface area contributed by atoms with E-state index >= 15 is 0 Å². The van der Waals surface area contributed by atoms with E-state index in [0.29, 0.717) is 22.2 Å². The van der Waals surface area contributed by atoms with Crippen molar-refractivity contribution in [1.29, 1.82) is 0 Å². The maximum Gasteiger partial charge on any atom is 0.349 e. The lowest BCUT2D eigenvalue weighted by atomic mass is 10.2. The van der Waals surface area contributed by atoms with Crippen molar-refractivity contribution in [3.05, 3.63) is 71.7 Å². The molecule has 0 radical (unpaired) electrons. The van der Waals surface area contributed by atoms with E-state index in [2.05, 4.69) is 41.9 Å². The summed E-state index contributed by atoms with van der Waals surface area (Å²) in [6, 6.07) is 10.4. The first-order valence-corrected chi connectivity index (χ1v) is 9.93. The van der Waals surface area contributed by atoms with Crippen LogP contribution in [-0.2, 0) is 0 Å². The molecule has 8 heteroatoms. The highest BCUT2D eigenvalue weighted by Gasteiger charge is 2.12. The summed E-state index contributed by atoms with van der Waals surface area (Å²) >= 11 is 6.98. The average molecular weight is 495 g/mol. The lowest BCUT2D eigenvalue weighted by Crippen LogP contribution is -2.32. The summed E-state index contributed by atoms with van der Waals surface area (Å²) < 4.78 is 8.19. The minimum Gasteiger partial charge on any atom is -0.488 e. The van der Waals surface area contributed by atoms with E-state index in [0.717, 1.165) is 20.0 Å². The van der Waals surface area contributed by atoms with Crippen molar-refractivity contribution in [1.82, 2.24) is 9.66 Å². The highest BCUT2D eigenvalue weighted by atomic mass is 79.9. The van der Waals surface area contributed by atoms with Crippen LogP contribution < -0.4 is 16.0 Å². The first-order valence-electron chi connectivity index (χ1n) is 8.34. The summed E-state index contributed by atoms with van der Waals surface area (Å²) in [7, 11) is 0. The Bertz CT molecular complexity index is 1110. The maximum atomic E-state index is 12.5. The number of H-pyrrole nitrogens is 1. The van der Waals surface area contributed by atoms with Gasteiger partial charge in [0.15, 0.2) is 0 Å². The van der Waals surface area contributed by atoms with Gasteiger partial charge in [-0.05, 0) is 75.0 Å². The monoisotopic (exact) mass is 493 g/mol. The molecule has 0 fully saturated rings. The molecule has 1 heterocycles. The molecular formula is C19H17Br2N3O3. The van der Waals surface area contributed by atoms with Gasteiger partial charge in [0.25, 0.3) is 5.56 Å². The first kappa shape index (κ1) is 19.6. The lowest BCUT2D eigenvalue weighted by Gasteiger charge is -2.16. The number of halogens is 2. The Hall–Kier alpha value is -2.19. The Balaban J connectivity index is 1.99. The quantitative estimate of drug-likeness (QED) is 0.538. The molecular weight excluding hydrogens is 478 g/mol. The SMILES string of the molecule is CC[C@@H](C)Oc1c(Br)cc(C=Nn2c(=O)[nH]c3ccccc3c2=O)cc1Br. The van der Waals surface area contributed by atoms with Gasteiger partial charge in [-0.25, -0.2) is 4.79 Å². The van der Waals surface area contributed by atoms with E-state index in [1.807, 2.05) is 26.0 Å². The third kappa shape index (κ3) is 4.22. The van der Waals surface area contributed by atoms with Crippen LogP contribution >= 0.6 is 31.9 Å². The number of hydrogen-bond acceptors (Lipinski definition) is 4. The molecule has 140 valence electrons. The molecule has 3 aromatic rings. The Morgan fingerprint density at radius 2 is 1.89 bits per heavy atom. The summed E-state index contributed by atoms with van der Waals surface area (Å²) in [5.74, 6) is 0.696. The van der Waals surface area contributed by atoms with Crippen molar-refractivity contribution >= 4 is 49.0 Å². The number of para-hydroxylation sites is 1. The molecule has 1 N–H and O–H groups in total. The zero-order chi connectivity index (χ0) is 19.6. The summed E-state index contributed by atoms with van der Waals surface area (Å²) in [5.41, 5.74) is 0.117. The molecule has 0 saturated heterocycles. The number of aromatic nitrogens is 2. The number of ether oxygens (including phenoxy) is 1. The Morgan fingerprint density at radius 1 is 1.22 bits per heavy atom. The molecule has 3 rings (SSSR count). The van der Waals surface area contributed by atoms with Crippen molar-refractivity contribution in [3.63, 3.8) is 0 Å². The lowest BCUT2D eigenvalue weighted by molar-refractivity contribution is 0.214. The molecule has 0 aliphatic heterocycles. The van der Waals surface area contributed by atoms with Crippen LogP contribution in [0, 0.1) is 0 Å². The van der Waals surface area contributed by atoms with E-state index < -0.39 is 11.2 Å². The van der Waals surface area contributed by atoms with E-state index in [4.69, 9.17) is 4.74 Å². The van der Waals surface area contributed by atoms with Crippen LogP contribution in [0.5, 0.6) is 5.75 Å². The molecule has 0 aliphatic carbocycles. The minimum absolute atomic E-state index is 0.0758. The Kier molecular flexibility index (Phi) is 5.96. The Morgan fingerprint density at radius 3 is 2.56 bits per heavy atom. The van der Waals surface area contributed by atoms with Gasteiger partial charge in [0, 0.05) is 0 Å². The van der Waals surface area contributed by atoms with Crippen molar-refractivity contribution in [2.45, 2.75) is 26.4 Å². The van der Waals surface area contributed by atoms with Gasteiger partial charge in [-0.3, -0.25) is 4.79 Å². The zero-order valence-corrected chi connectivity index (χ0v) is 17.9. The van der Waals surface area contributed by atoms with Gasteiger partial charge in [-0.1, -0.05) is 19.1 Å². The molecule has 0 amide bonds. The van der Waals surface area contributed by atoms with E-state index in [1.165, 1.54) is 6.21 Å². The molecule has 0 bridgehead atoms. The van der Waals surface area contributed by atoms with Gasteiger partial charge in [0.1, 0.15) is 5.75 Å². The number of nitrogens with zero attached hydrogens (tertiary/aromatic N) is 2. The first-order chi connectivity index (χ1) is 12.9. The number of aromatic amines is 1. The summed E-state index contributed by atoms with van der Waals surface area (Å²) in [4.78, 5) is 27.3. The second kappa shape index (κ2) is 8.22. The average Bonchev–Trinajstić information content (AvgIpc) is 2.64. The molecule has 0 unspecified atom stereocenters. The van der Waals surface area contributed by atoms with Crippen molar-refractivity contribution < 1.29 is 4.74 Å². The molecule has 0 saturated carbocycles. The second-order valence-corrected chi connectivity index (χ2v) is 7.70. The fourth-order valence-corrected chi connectivity index (χ4v) is 3.84. The fourth-order valence-electron chi connectivity index (χ4n) is 2.43. The topological polar surface area (TPSA) is 76.5 Å². The third-order valence-corrected chi connectivity index (χ3v) is 5.20. The maximum absolute atomic E-state index is 12.5. The van der Waals surface area contributed by atoms with Crippen LogP contribution in [0.4, 0.5) is 0 Å². The standard InChI is InChI=1S/C19H17Br2N3O3/c1-3-11(2)27-17-14(20)8-12(9-15(17)21)10-22-24-18(25)13-6-4-5-7-16(13)23-19(24)26/h4-11H,3H2,1-2H3,(H,23,26)/t11-/m1/s1. The van der Waals surface area contributed by atoms with E-state index in [9.17, 15) is 9.59 Å². The predicted octanol–water partition coefficient (Wildman–Crippen LogP) is 4.27. The number of nitrogens with one attached hydrogen (secondary N) is 1. The van der Waals surface area contributed by atoms with Gasteiger partial charge in [0.05, 0.1) is 32.2 Å². The fraction of sp³-hybridized carbons (Fsp3) is 0.211. The van der Waals surface area contributed by atoms with Crippen LogP contribution in [0.1, 0.15) is 25.8 Å². The van der Waals surface area contributed by atoms with Gasteiger partial charge in [0.2, 0.25) is 0 Å². The number of rotatable bonds is 5. The molecule has 0 spiro atoms. The summed E-state index contributed by atoms with van der Waals surface area (Å²) in [6.45, 7) is 4.04. The number of hydrogen-bond donors (Lipinski definition) is 1. The van der Waals surface area contributed by atoms with Crippen LogP contribution in [0.2, 0.25) is 0 Å².